The summed E-state index contributed by atoms with van der Waals surface area (Å²) in [5.74, 6) is 0. The zero-order valence-electron chi connectivity index (χ0n) is 10.2. The van der Waals surface area contributed by atoms with E-state index in [0.717, 1.165) is 38.4 Å². The van der Waals surface area contributed by atoms with E-state index in [4.69, 9.17) is 23.2 Å². The molecule has 1 saturated heterocycles. The van der Waals surface area contributed by atoms with Crippen LogP contribution in [0.15, 0.2) is 18.2 Å². The Labute approximate surface area is 141 Å². The Hall–Kier alpha value is 0.616. The molecule has 6 heteroatoms. The molecule has 18 heavy (non-hydrogen) atoms. The fraction of sp³-hybridized carbons (Fsp3) is 0.417. The van der Waals surface area contributed by atoms with Crippen molar-refractivity contribution in [1.82, 2.24) is 4.90 Å². The Kier molecular flexibility index (Phi) is 9.02. The average molecular weight is 318 g/mol. The van der Waals surface area contributed by atoms with Crippen LogP contribution in [0.5, 0.6) is 0 Å². The minimum Gasteiger partial charge on any atom is -1.00 e. The molecule has 0 unspecified atom stereocenters. The molecule has 2 rings (SSSR count). The quantitative estimate of drug-likeness (QED) is 0.540. The van der Waals surface area contributed by atoms with Crippen molar-refractivity contribution in [2.75, 3.05) is 37.6 Å². The first-order valence-corrected chi connectivity index (χ1v) is 6.18. The van der Waals surface area contributed by atoms with Crippen molar-refractivity contribution in [2.45, 2.75) is 0 Å². The zero-order chi connectivity index (χ0) is 11.5. The molecule has 0 spiro atoms. The molecule has 0 atom stereocenters. The molecule has 1 aromatic rings. The second kappa shape index (κ2) is 8.72. The second-order valence-corrected chi connectivity index (χ2v) is 4.69. The van der Waals surface area contributed by atoms with Gasteiger partial charge in [-0.15, -0.1) is 6.54 Å². The van der Waals surface area contributed by atoms with Crippen molar-refractivity contribution in [3.05, 3.63) is 35.2 Å². The molecular formula is C12H15Cl3MgN2. The van der Waals surface area contributed by atoms with Crippen LogP contribution in [0.2, 0.25) is 10.0 Å². The Morgan fingerprint density at radius 1 is 1.11 bits per heavy atom. The summed E-state index contributed by atoms with van der Waals surface area (Å²) in [4.78, 5) is 4.61. The Bertz CT molecular complexity index is 368. The molecule has 0 bridgehead atoms. The van der Waals surface area contributed by atoms with E-state index in [9.17, 15) is 0 Å². The molecule has 2 nitrogen and oxygen atoms in total. The van der Waals surface area contributed by atoms with Crippen LogP contribution in [0.1, 0.15) is 0 Å². The van der Waals surface area contributed by atoms with Gasteiger partial charge < -0.3 is 29.1 Å². The minimum absolute atomic E-state index is 0. The van der Waals surface area contributed by atoms with Crippen LogP contribution < -0.4 is 17.3 Å². The first-order chi connectivity index (χ1) is 7.72. The first kappa shape index (κ1) is 18.6. The van der Waals surface area contributed by atoms with E-state index in [-0.39, 0.29) is 35.5 Å². The molecule has 1 fully saturated rings. The number of hydrogen-bond donors (Lipinski definition) is 0. The third kappa shape index (κ3) is 4.32. The molecule has 0 aromatic heterocycles. The number of piperazine rings is 1. The largest absolute Gasteiger partial charge is 2.00 e. The maximum Gasteiger partial charge on any atom is 2.00 e. The van der Waals surface area contributed by atoms with E-state index in [2.05, 4.69) is 16.7 Å². The molecule has 0 saturated carbocycles. The first-order valence-electron chi connectivity index (χ1n) is 5.43. The fourth-order valence-corrected chi connectivity index (χ4v) is 2.36. The molecule has 1 aliphatic rings. The number of nitrogens with zero attached hydrogens (tertiary/aromatic N) is 2. The maximum absolute atomic E-state index is 6.20. The zero-order valence-corrected chi connectivity index (χ0v) is 13.9. The van der Waals surface area contributed by atoms with Gasteiger partial charge in [-0.05, 0) is 12.1 Å². The molecule has 1 aromatic carbocycles. The predicted octanol–water partition coefficient (Wildman–Crippen LogP) is -0.427. The van der Waals surface area contributed by atoms with E-state index >= 15 is 0 Å². The van der Waals surface area contributed by atoms with Crippen molar-refractivity contribution in [3.8, 4) is 0 Å². The molecule has 0 aliphatic carbocycles. The summed E-state index contributed by atoms with van der Waals surface area (Å²) < 4.78 is 0. The van der Waals surface area contributed by atoms with Crippen LogP contribution in [-0.4, -0.2) is 60.7 Å². The van der Waals surface area contributed by atoms with Gasteiger partial charge in [-0.3, -0.25) is 0 Å². The number of hydrogen-bond acceptors (Lipinski definition) is 2. The SMILES string of the molecule is [CH2-]CN1CCN(c2cccc(Cl)c2Cl)CC1.[Cl-].[Mg+2]. The van der Waals surface area contributed by atoms with Crippen LogP contribution >= 0.6 is 23.2 Å². The third-order valence-electron chi connectivity index (χ3n) is 2.96. The van der Waals surface area contributed by atoms with Crippen LogP contribution in [0.4, 0.5) is 5.69 Å². The van der Waals surface area contributed by atoms with Gasteiger partial charge in [0.2, 0.25) is 0 Å². The summed E-state index contributed by atoms with van der Waals surface area (Å²) in [6.45, 7) is 8.80. The second-order valence-electron chi connectivity index (χ2n) is 3.90. The van der Waals surface area contributed by atoms with E-state index in [0.29, 0.717) is 10.0 Å². The predicted molar refractivity (Wildman–Crippen MR) is 76.2 cm³/mol. The summed E-state index contributed by atoms with van der Waals surface area (Å²) in [6.07, 6.45) is 0. The van der Waals surface area contributed by atoms with Crippen molar-refractivity contribution >= 4 is 51.9 Å². The van der Waals surface area contributed by atoms with Crippen LogP contribution in [0, 0.1) is 6.92 Å². The molecule has 1 heterocycles. The van der Waals surface area contributed by atoms with E-state index in [1.807, 2.05) is 18.2 Å². The van der Waals surface area contributed by atoms with Gasteiger partial charge in [-0.2, -0.15) is 0 Å². The molecule has 0 radical (unpaired) electrons. The molecule has 0 amide bonds. The molecule has 0 N–H and O–H groups in total. The smallest absolute Gasteiger partial charge is 1.00 e. The Balaban J connectivity index is 0.00000144. The van der Waals surface area contributed by atoms with Crippen molar-refractivity contribution in [3.63, 3.8) is 0 Å². The summed E-state index contributed by atoms with van der Waals surface area (Å²) in [6, 6.07) is 5.78. The maximum atomic E-state index is 6.20. The monoisotopic (exact) mass is 316 g/mol. The average Bonchev–Trinajstić information content (AvgIpc) is 2.33. The molecule has 96 valence electrons. The van der Waals surface area contributed by atoms with Gasteiger partial charge in [0, 0.05) is 26.2 Å². The van der Waals surface area contributed by atoms with Crippen molar-refractivity contribution in [1.29, 1.82) is 0 Å². The van der Waals surface area contributed by atoms with E-state index in [1.165, 1.54) is 0 Å². The van der Waals surface area contributed by atoms with E-state index in [1.54, 1.807) is 0 Å². The molecular weight excluding hydrogens is 303 g/mol. The molecule has 1 aliphatic heterocycles. The number of benzene rings is 1. The van der Waals surface area contributed by atoms with Gasteiger partial charge in [0.05, 0.1) is 15.7 Å². The summed E-state index contributed by atoms with van der Waals surface area (Å²) >= 11 is 12.2. The number of anilines is 1. The van der Waals surface area contributed by atoms with Gasteiger partial charge in [0.15, 0.2) is 0 Å². The standard InChI is InChI=1S/C12H15Cl2N2.ClH.Mg/c1-2-15-6-8-16(9-7-15)11-5-3-4-10(13)12(11)14;;/h3-5H,1-2,6-9H2;1H;/q-1;;+2/p-1. The van der Waals surface area contributed by atoms with Gasteiger partial charge in [-0.1, -0.05) is 29.3 Å². The van der Waals surface area contributed by atoms with Crippen molar-refractivity contribution in [2.24, 2.45) is 0 Å². The normalized spacial score (nSPS) is 15.8. The van der Waals surface area contributed by atoms with Gasteiger partial charge in [0.1, 0.15) is 0 Å². The van der Waals surface area contributed by atoms with E-state index < -0.39 is 0 Å². The number of halogens is 3. The Morgan fingerprint density at radius 2 is 1.72 bits per heavy atom. The summed E-state index contributed by atoms with van der Waals surface area (Å²) in [7, 11) is 0. The Morgan fingerprint density at radius 3 is 2.28 bits per heavy atom. The van der Waals surface area contributed by atoms with Crippen LogP contribution in [0.3, 0.4) is 0 Å². The topological polar surface area (TPSA) is 6.48 Å². The minimum atomic E-state index is 0. The third-order valence-corrected chi connectivity index (χ3v) is 3.77. The van der Waals surface area contributed by atoms with Crippen LogP contribution in [-0.2, 0) is 0 Å². The van der Waals surface area contributed by atoms with Gasteiger partial charge in [0.25, 0.3) is 0 Å². The number of rotatable bonds is 2. The fourth-order valence-electron chi connectivity index (χ4n) is 1.95. The van der Waals surface area contributed by atoms with Crippen LogP contribution in [0.25, 0.3) is 0 Å². The van der Waals surface area contributed by atoms with Gasteiger partial charge in [-0.25, -0.2) is 0 Å². The summed E-state index contributed by atoms with van der Waals surface area (Å²) in [5.41, 5.74) is 1.04. The van der Waals surface area contributed by atoms with Gasteiger partial charge >= 0.3 is 23.1 Å². The van der Waals surface area contributed by atoms with Crippen molar-refractivity contribution < 1.29 is 12.4 Å². The summed E-state index contributed by atoms with van der Waals surface area (Å²) in [5, 5.41) is 1.28.